The van der Waals surface area contributed by atoms with Gasteiger partial charge in [0.05, 0.1) is 17.4 Å². The number of amides is 1. The molecule has 31 heavy (non-hydrogen) atoms. The smallest absolute Gasteiger partial charge is 0.417 e. The molecule has 0 saturated heterocycles. The summed E-state index contributed by atoms with van der Waals surface area (Å²) >= 11 is 0. The molecule has 1 unspecified atom stereocenters. The van der Waals surface area contributed by atoms with E-state index in [-0.39, 0.29) is 36.9 Å². The lowest BCUT2D eigenvalue weighted by Gasteiger charge is -2.39. The van der Waals surface area contributed by atoms with Crippen molar-refractivity contribution >= 4 is 11.9 Å². The predicted molar refractivity (Wildman–Crippen MR) is 108 cm³/mol. The molecule has 0 radical (unpaired) electrons. The Hall–Kier alpha value is -2.16. The number of pyridine rings is 1. The highest BCUT2D eigenvalue weighted by molar-refractivity contribution is 5.83. The van der Waals surface area contributed by atoms with E-state index in [2.05, 4.69) is 10.3 Å². The number of nitrogens with one attached hydrogen (secondary N) is 1. The number of carboxylic acid groups (broad SMARTS) is 1. The number of carboxylic acids is 1. The van der Waals surface area contributed by atoms with Gasteiger partial charge < -0.3 is 15.3 Å². The van der Waals surface area contributed by atoms with Crippen molar-refractivity contribution in [2.45, 2.75) is 77.7 Å². The Morgan fingerprint density at radius 3 is 2.68 bits per heavy atom. The lowest BCUT2D eigenvalue weighted by molar-refractivity contribution is -0.146. The minimum absolute atomic E-state index is 0.0105. The number of halogens is 3. The van der Waals surface area contributed by atoms with Gasteiger partial charge in [-0.15, -0.1) is 0 Å². The van der Waals surface area contributed by atoms with Gasteiger partial charge in [-0.25, -0.2) is 0 Å². The zero-order valence-electron chi connectivity index (χ0n) is 18.1. The van der Waals surface area contributed by atoms with Crippen molar-refractivity contribution in [1.29, 1.82) is 0 Å². The molecule has 2 heterocycles. The fourth-order valence-electron chi connectivity index (χ4n) is 4.98. The third-order valence-electron chi connectivity index (χ3n) is 6.74. The first kappa shape index (κ1) is 23.5. The highest BCUT2D eigenvalue weighted by Gasteiger charge is 2.49. The number of aromatic nitrogens is 1. The SMILES string of the molecule is CC(CC(=O)O)N[C@@H]1CC[C@@](C(=O)N2CCc3ncc(C(F)(F)F)cc3C2)(C(C)C)C1. The third kappa shape index (κ3) is 5.02. The molecule has 0 spiro atoms. The van der Waals surface area contributed by atoms with E-state index in [0.29, 0.717) is 37.1 Å². The number of rotatable bonds is 6. The molecule has 1 fully saturated rings. The van der Waals surface area contributed by atoms with Gasteiger partial charge in [-0.1, -0.05) is 13.8 Å². The summed E-state index contributed by atoms with van der Waals surface area (Å²) < 4.78 is 39.3. The first-order chi connectivity index (χ1) is 14.4. The second-order valence-electron chi connectivity index (χ2n) is 9.22. The van der Waals surface area contributed by atoms with Crippen molar-refractivity contribution in [1.82, 2.24) is 15.2 Å². The Labute approximate surface area is 180 Å². The fourth-order valence-corrected chi connectivity index (χ4v) is 4.98. The Bertz CT molecular complexity index is 843. The number of carbonyl (C=O) groups excluding carboxylic acids is 1. The summed E-state index contributed by atoms with van der Waals surface area (Å²) in [5, 5.41) is 12.3. The van der Waals surface area contributed by atoms with Crippen LogP contribution < -0.4 is 5.32 Å². The van der Waals surface area contributed by atoms with Gasteiger partial charge in [0.25, 0.3) is 0 Å². The average Bonchev–Trinajstić information content (AvgIpc) is 3.10. The van der Waals surface area contributed by atoms with Gasteiger partial charge in [-0.2, -0.15) is 13.2 Å². The van der Waals surface area contributed by atoms with Crippen molar-refractivity contribution in [3.8, 4) is 0 Å². The summed E-state index contributed by atoms with van der Waals surface area (Å²) in [5.41, 5.74) is -0.329. The topological polar surface area (TPSA) is 82.5 Å². The van der Waals surface area contributed by atoms with Crippen LogP contribution in [0.3, 0.4) is 0 Å². The zero-order valence-corrected chi connectivity index (χ0v) is 18.1. The van der Waals surface area contributed by atoms with Crippen LogP contribution in [0.5, 0.6) is 0 Å². The Balaban J connectivity index is 1.75. The molecule has 2 N–H and O–H groups in total. The summed E-state index contributed by atoms with van der Waals surface area (Å²) in [6.45, 7) is 6.39. The molecule has 3 atom stereocenters. The predicted octanol–water partition coefficient (Wildman–Crippen LogP) is 3.63. The van der Waals surface area contributed by atoms with Gasteiger partial charge in [0.1, 0.15) is 0 Å². The summed E-state index contributed by atoms with van der Waals surface area (Å²) in [6.07, 6.45) is -1.13. The van der Waals surface area contributed by atoms with E-state index < -0.39 is 23.1 Å². The van der Waals surface area contributed by atoms with Crippen LogP contribution in [0.15, 0.2) is 12.3 Å². The van der Waals surface area contributed by atoms with Gasteiger partial charge in [0, 0.05) is 43.5 Å². The Kier molecular flexibility index (Phi) is 6.64. The monoisotopic (exact) mass is 441 g/mol. The minimum Gasteiger partial charge on any atom is -0.481 e. The summed E-state index contributed by atoms with van der Waals surface area (Å²) in [4.78, 5) is 30.2. The minimum atomic E-state index is -4.47. The molecule has 172 valence electrons. The maximum atomic E-state index is 13.6. The molecule has 0 aromatic carbocycles. The van der Waals surface area contributed by atoms with Crippen LogP contribution in [0.1, 0.15) is 63.3 Å². The van der Waals surface area contributed by atoms with Gasteiger partial charge in [0.15, 0.2) is 0 Å². The second kappa shape index (κ2) is 8.76. The van der Waals surface area contributed by atoms with E-state index in [1.54, 1.807) is 4.90 Å². The van der Waals surface area contributed by atoms with Crippen LogP contribution in [0.2, 0.25) is 0 Å². The van der Waals surface area contributed by atoms with E-state index in [9.17, 15) is 22.8 Å². The molecule has 1 aliphatic heterocycles. The molecular formula is C22H30F3N3O3. The van der Waals surface area contributed by atoms with Crippen molar-refractivity contribution in [3.63, 3.8) is 0 Å². The highest BCUT2D eigenvalue weighted by Crippen LogP contribution is 2.46. The van der Waals surface area contributed by atoms with Crippen molar-refractivity contribution < 1.29 is 27.9 Å². The normalized spacial score (nSPS) is 24.9. The Morgan fingerprint density at radius 2 is 2.06 bits per heavy atom. The molecular weight excluding hydrogens is 411 g/mol. The maximum absolute atomic E-state index is 13.6. The molecule has 2 aliphatic rings. The molecule has 3 rings (SSSR count). The molecule has 6 nitrogen and oxygen atoms in total. The lowest BCUT2D eigenvalue weighted by Crippen LogP contribution is -2.48. The molecule has 1 aromatic heterocycles. The fraction of sp³-hybridized carbons (Fsp3) is 0.682. The largest absolute Gasteiger partial charge is 0.481 e. The lowest BCUT2D eigenvalue weighted by atomic mass is 9.74. The molecule has 1 amide bonds. The van der Waals surface area contributed by atoms with Crippen LogP contribution in [0.4, 0.5) is 13.2 Å². The van der Waals surface area contributed by atoms with Crippen LogP contribution in [0.25, 0.3) is 0 Å². The van der Waals surface area contributed by atoms with Gasteiger partial charge >= 0.3 is 12.1 Å². The number of alkyl halides is 3. The first-order valence-corrected chi connectivity index (χ1v) is 10.7. The van der Waals surface area contributed by atoms with Crippen molar-refractivity contribution in [3.05, 3.63) is 29.1 Å². The van der Waals surface area contributed by atoms with Crippen LogP contribution in [-0.2, 0) is 28.7 Å². The van der Waals surface area contributed by atoms with E-state index in [1.807, 2.05) is 20.8 Å². The summed E-state index contributed by atoms with van der Waals surface area (Å²) in [7, 11) is 0. The standard InChI is InChI=1S/C22H30F3N3O3/c1-13(2)21(6-4-17(10-21)27-14(3)8-19(29)30)20(31)28-7-5-18-15(12-28)9-16(11-26-18)22(23,24)25/h9,11,13-14,17,27H,4-8,10,12H2,1-3H3,(H,29,30)/t14?,17-,21+/m1/s1. The number of aliphatic carboxylic acids is 1. The van der Waals surface area contributed by atoms with E-state index in [1.165, 1.54) is 0 Å². The van der Waals surface area contributed by atoms with Gasteiger partial charge in [-0.05, 0) is 43.7 Å². The van der Waals surface area contributed by atoms with Gasteiger partial charge in [-0.3, -0.25) is 14.6 Å². The molecule has 1 saturated carbocycles. The maximum Gasteiger partial charge on any atom is 0.417 e. The molecule has 1 aromatic rings. The molecule has 0 bridgehead atoms. The van der Waals surface area contributed by atoms with Gasteiger partial charge in [0.2, 0.25) is 5.91 Å². The first-order valence-electron chi connectivity index (χ1n) is 10.7. The van der Waals surface area contributed by atoms with E-state index >= 15 is 0 Å². The van der Waals surface area contributed by atoms with Crippen molar-refractivity contribution in [2.24, 2.45) is 11.3 Å². The zero-order chi connectivity index (χ0) is 23.0. The molecule has 1 aliphatic carbocycles. The Morgan fingerprint density at radius 1 is 1.35 bits per heavy atom. The number of nitrogens with zero attached hydrogens (tertiary/aromatic N) is 2. The van der Waals surface area contributed by atoms with Crippen LogP contribution >= 0.6 is 0 Å². The quantitative estimate of drug-likeness (QED) is 0.705. The molecule has 9 heteroatoms. The average molecular weight is 441 g/mol. The number of hydrogen-bond acceptors (Lipinski definition) is 4. The van der Waals surface area contributed by atoms with Crippen molar-refractivity contribution in [2.75, 3.05) is 6.54 Å². The highest BCUT2D eigenvalue weighted by atomic mass is 19.4. The number of hydrogen-bond donors (Lipinski definition) is 2. The van der Waals surface area contributed by atoms with E-state index in [4.69, 9.17) is 5.11 Å². The van der Waals surface area contributed by atoms with E-state index in [0.717, 1.165) is 18.7 Å². The summed E-state index contributed by atoms with van der Waals surface area (Å²) in [6, 6.07) is 0.946. The number of fused-ring (bicyclic) bond motifs is 1. The number of carbonyl (C=O) groups is 2. The second-order valence-corrected chi connectivity index (χ2v) is 9.22. The summed E-state index contributed by atoms with van der Waals surface area (Å²) in [5.74, 6) is -0.841. The van der Waals surface area contributed by atoms with Crippen LogP contribution in [0, 0.1) is 11.3 Å². The third-order valence-corrected chi connectivity index (χ3v) is 6.74. The van der Waals surface area contributed by atoms with Crippen LogP contribution in [-0.4, -0.2) is 45.5 Å².